The Hall–Kier alpha value is -0.480. The fourth-order valence-corrected chi connectivity index (χ4v) is 1.81. The first-order valence-corrected chi connectivity index (χ1v) is 5.64. The molecular formula is C9H17N3S. The summed E-state index contributed by atoms with van der Waals surface area (Å²) in [5.74, 6) is 0. The fourth-order valence-electron chi connectivity index (χ4n) is 1.27. The molecule has 0 aliphatic heterocycles. The first kappa shape index (κ1) is 10.6. The third-order valence-corrected chi connectivity index (χ3v) is 2.91. The summed E-state index contributed by atoms with van der Waals surface area (Å²) in [6.07, 6.45) is 7.92. The van der Waals surface area contributed by atoms with Crippen LogP contribution in [0.5, 0.6) is 0 Å². The lowest BCUT2D eigenvalue weighted by Crippen LogP contribution is -2.08. The predicted molar refractivity (Wildman–Crippen MR) is 55.6 cm³/mol. The van der Waals surface area contributed by atoms with Crippen LogP contribution >= 0.6 is 11.5 Å². The first-order chi connectivity index (χ1) is 6.34. The second-order valence-electron chi connectivity index (χ2n) is 3.28. The molecule has 0 spiro atoms. The van der Waals surface area contributed by atoms with E-state index < -0.39 is 0 Å². The van der Waals surface area contributed by atoms with Crippen molar-refractivity contribution >= 4 is 11.5 Å². The molecule has 3 nitrogen and oxygen atoms in total. The van der Waals surface area contributed by atoms with Gasteiger partial charge in [-0.1, -0.05) is 37.1 Å². The molecule has 0 saturated heterocycles. The van der Waals surface area contributed by atoms with Gasteiger partial charge in [0.2, 0.25) is 0 Å². The smallest absolute Gasteiger partial charge is 0.0669 e. The normalized spacial score (nSPS) is 13.1. The van der Waals surface area contributed by atoms with Crippen LogP contribution in [0.2, 0.25) is 0 Å². The highest BCUT2D eigenvalue weighted by molar-refractivity contribution is 7.05. The number of hydrogen-bond acceptors (Lipinski definition) is 4. The molecule has 4 heteroatoms. The van der Waals surface area contributed by atoms with E-state index in [0.29, 0.717) is 0 Å². The number of nitrogens with zero attached hydrogens (tertiary/aromatic N) is 2. The highest BCUT2D eigenvalue weighted by Crippen LogP contribution is 2.18. The summed E-state index contributed by atoms with van der Waals surface area (Å²) in [4.78, 5) is 1.11. The van der Waals surface area contributed by atoms with Gasteiger partial charge in [-0.2, -0.15) is 0 Å². The maximum atomic E-state index is 5.95. The lowest BCUT2D eigenvalue weighted by molar-refractivity contribution is 0.571. The standard InChI is InChI=1S/C9H17N3S/c1-2-3-4-5-6-8(10)9-7-11-12-13-9/h7-8H,2-6,10H2,1H3. The molecule has 1 aromatic rings. The second kappa shape index (κ2) is 6.05. The van der Waals surface area contributed by atoms with E-state index in [1.807, 2.05) is 0 Å². The summed E-state index contributed by atoms with van der Waals surface area (Å²) in [7, 11) is 0. The highest BCUT2D eigenvalue weighted by Gasteiger charge is 2.07. The van der Waals surface area contributed by atoms with Crippen LogP contribution in [0.4, 0.5) is 0 Å². The summed E-state index contributed by atoms with van der Waals surface area (Å²) in [6, 6.07) is 0.150. The molecular weight excluding hydrogens is 182 g/mol. The van der Waals surface area contributed by atoms with Crippen LogP contribution < -0.4 is 5.73 Å². The van der Waals surface area contributed by atoms with Gasteiger partial charge in [-0.05, 0) is 18.0 Å². The SMILES string of the molecule is CCCCCCC(N)c1cnns1. The van der Waals surface area contributed by atoms with E-state index in [1.165, 1.54) is 37.2 Å². The highest BCUT2D eigenvalue weighted by atomic mass is 32.1. The van der Waals surface area contributed by atoms with Gasteiger partial charge in [-0.15, -0.1) is 5.10 Å². The van der Waals surface area contributed by atoms with Gasteiger partial charge in [0.25, 0.3) is 0 Å². The zero-order valence-electron chi connectivity index (χ0n) is 8.07. The average molecular weight is 199 g/mol. The number of nitrogens with two attached hydrogens (primary N) is 1. The zero-order chi connectivity index (χ0) is 9.52. The number of rotatable bonds is 6. The summed E-state index contributed by atoms with van der Waals surface area (Å²) >= 11 is 1.41. The van der Waals surface area contributed by atoms with Crippen LogP contribution in [0.25, 0.3) is 0 Å². The largest absolute Gasteiger partial charge is 0.323 e. The molecule has 1 aromatic heterocycles. The Kier molecular flexibility index (Phi) is 4.93. The van der Waals surface area contributed by atoms with E-state index in [4.69, 9.17) is 5.73 Å². The maximum absolute atomic E-state index is 5.95. The minimum Gasteiger partial charge on any atom is -0.323 e. The number of hydrogen-bond donors (Lipinski definition) is 1. The molecule has 13 heavy (non-hydrogen) atoms. The van der Waals surface area contributed by atoms with Crippen LogP contribution in [-0.2, 0) is 0 Å². The van der Waals surface area contributed by atoms with Gasteiger partial charge in [-0.3, -0.25) is 0 Å². The van der Waals surface area contributed by atoms with Crippen molar-refractivity contribution in [1.82, 2.24) is 9.59 Å². The molecule has 1 heterocycles. The zero-order valence-corrected chi connectivity index (χ0v) is 8.89. The lowest BCUT2D eigenvalue weighted by Gasteiger charge is -2.06. The van der Waals surface area contributed by atoms with Crippen molar-refractivity contribution < 1.29 is 0 Å². The second-order valence-corrected chi connectivity index (χ2v) is 4.09. The molecule has 0 bridgehead atoms. The van der Waals surface area contributed by atoms with E-state index in [1.54, 1.807) is 6.20 Å². The molecule has 74 valence electrons. The molecule has 0 fully saturated rings. The first-order valence-electron chi connectivity index (χ1n) is 4.87. The Balaban J connectivity index is 2.15. The van der Waals surface area contributed by atoms with Gasteiger partial charge in [0, 0.05) is 6.04 Å². The Morgan fingerprint density at radius 1 is 1.46 bits per heavy atom. The van der Waals surface area contributed by atoms with E-state index in [0.717, 1.165) is 11.3 Å². The molecule has 0 aromatic carbocycles. The van der Waals surface area contributed by atoms with E-state index in [9.17, 15) is 0 Å². The minimum absolute atomic E-state index is 0.150. The molecule has 1 rings (SSSR count). The Labute approximate surface area is 83.5 Å². The van der Waals surface area contributed by atoms with Crippen molar-refractivity contribution in [3.63, 3.8) is 0 Å². The molecule has 2 N–H and O–H groups in total. The van der Waals surface area contributed by atoms with Crippen LogP contribution in [0, 0.1) is 0 Å². The third kappa shape index (κ3) is 3.83. The van der Waals surface area contributed by atoms with Crippen molar-refractivity contribution in [2.24, 2.45) is 5.73 Å². The quantitative estimate of drug-likeness (QED) is 0.716. The Bertz CT molecular complexity index is 211. The minimum atomic E-state index is 0.150. The van der Waals surface area contributed by atoms with E-state index in [2.05, 4.69) is 16.5 Å². The third-order valence-electron chi connectivity index (χ3n) is 2.11. The van der Waals surface area contributed by atoms with Gasteiger partial charge in [0.1, 0.15) is 0 Å². The molecule has 0 amide bonds. The summed E-state index contributed by atoms with van der Waals surface area (Å²) in [5.41, 5.74) is 5.95. The van der Waals surface area contributed by atoms with Gasteiger partial charge in [0.05, 0.1) is 11.1 Å². The number of unbranched alkanes of at least 4 members (excludes halogenated alkanes) is 3. The summed E-state index contributed by atoms with van der Waals surface area (Å²) in [6.45, 7) is 2.22. The van der Waals surface area contributed by atoms with Gasteiger partial charge in [0.15, 0.2) is 0 Å². The molecule has 0 radical (unpaired) electrons. The summed E-state index contributed by atoms with van der Waals surface area (Å²) < 4.78 is 3.80. The molecule has 1 atom stereocenters. The predicted octanol–water partition coefficient (Wildman–Crippen LogP) is 2.51. The van der Waals surface area contributed by atoms with Gasteiger partial charge in [-0.25, -0.2) is 0 Å². The van der Waals surface area contributed by atoms with Crippen molar-refractivity contribution in [2.45, 2.75) is 45.1 Å². The Morgan fingerprint density at radius 3 is 2.92 bits per heavy atom. The summed E-state index contributed by atoms with van der Waals surface area (Å²) in [5, 5.41) is 3.78. The molecule has 1 unspecified atom stereocenters. The van der Waals surface area contributed by atoms with Crippen molar-refractivity contribution in [2.75, 3.05) is 0 Å². The van der Waals surface area contributed by atoms with Crippen LogP contribution in [0.1, 0.15) is 49.9 Å². The van der Waals surface area contributed by atoms with Gasteiger partial charge >= 0.3 is 0 Å². The monoisotopic (exact) mass is 199 g/mol. The topological polar surface area (TPSA) is 51.8 Å². The number of aromatic nitrogens is 2. The van der Waals surface area contributed by atoms with Crippen LogP contribution in [0.3, 0.4) is 0 Å². The van der Waals surface area contributed by atoms with Gasteiger partial charge < -0.3 is 5.73 Å². The molecule has 0 aliphatic carbocycles. The Morgan fingerprint density at radius 2 is 2.31 bits per heavy atom. The van der Waals surface area contributed by atoms with Crippen LogP contribution in [0.15, 0.2) is 6.20 Å². The molecule has 0 aliphatic rings. The van der Waals surface area contributed by atoms with Crippen molar-refractivity contribution in [3.05, 3.63) is 11.1 Å². The van der Waals surface area contributed by atoms with Crippen molar-refractivity contribution in [3.8, 4) is 0 Å². The lowest BCUT2D eigenvalue weighted by atomic mass is 10.1. The van der Waals surface area contributed by atoms with Crippen LogP contribution in [-0.4, -0.2) is 9.59 Å². The van der Waals surface area contributed by atoms with Crippen molar-refractivity contribution in [1.29, 1.82) is 0 Å². The maximum Gasteiger partial charge on any atom is 0.0669 e. The average Bonchev–Trinajstić information content (AvgIpc) is 2.65. The molecule has 0 saturated carbocycles. The fraction of sp³-hybridized carbons (Fsp3) is 0.778. The van der Waals surface area contributed by atoms with E-state index >= 15 is 0 Å². The van der Waals surface area contributed by atoms with E-state index in [-0.39, 0.29) is 6.04 Å².